The van der Waals surface area contributed by atoms with Gasteiger partial charge in [0.1, 0.15) is 11.6 Å². The van der Waals surface area contributed by atoms with E-state index >= 15 is 0 Å². The molecule has 2 rings (SSSR count). The normalized spacial score (nSPS) is 10.8. The molecule has 2 N–H and O–H groups in total. The molecule has 0 saturated heterocycles. The van der Waals surface area contributed by atoms with Gasteiger partial charge in [0.05, 0.1) is 0 Å². The number of anilines is 2. The average Bonchev–Trinajstić information content (AvgIpc) is 2.49. The van der Waals surface area contributed by atoms with E-state index in [9.17, 15) is 10.1 Å². The van der Waals surface area contributed by atoms with E-state index in [1.807, 2.05) is 38.1 Å². The van der Waals surface area contributed by atoms with Crippen LogP contribution in [0.5, 0.6) is 0 Å². The topological polar surface area (TPSA) is 64.9 Å². The number of nitrogens with zero attached hydrogens (tertiary/aromatic N) is 1. The van der Waals surface area contributed by atoms with Crippen LogP contribution >= 0.6 is 11.6 Å². The predicted molar refractivity (Wildman–Crippen MR) is 93.3 cm³/mol. The number of nitriles is 1. The van der Waals surface area contributed by atoms with Gasteiger partial charge in [0, 0.05) is 22.6 Å². The standard InChI is InChI=1S/C18H16ClN3O/c1-12-6-7-17(13(2)8-12)21-11-14(10-20)18(23)22-16-5-3-4-15(19)9-16/h3-9,11,21H,1-2H3,(H,22,23). The number of amides is 1. The van der Waals surface area contributed by atoms with Crippen molar-refractivity contribution < 1.29 is 4.79 Å². The Balaban J connectivity index is 2.12. The molecule has 0 saturated carbocycles. The van der Waals surface area contributed by atoms with E-state index < -0.39 is 5.91 Å². The van der Waals surface area contributed by atoms with Gasteiger partial charge in [0.25, 0.3) is 5.91 Å². The van der Waals surface area contributed by atoms with Crippen LogP contribution in [0.2, 0.25) is 5.02 Å². The third-order valence-electron chi connectivity index (χ3n) is 3.20. The molecule has 23 heavy (non-hydrogen) atoms. The minimum absolute atomic E-state index is 0.0232. The first-order valence-electron chi connectivity index (χ1n) is 7.00. The Morgan fingerprint density at radius 1 is 1.22 bits per heavy atom. The summed E-state index contributed by atoms with van der Waals surface area (Å²) in [5.74, 6) is -0.493. The fourth-order valence-corrected chi connectivity index (χ4v) is 2.23. The summed E-state index contributed by atoms with van der Waals surface area (Å²) in [6.45, 7) is 3.97. The largest absolute Gasteiger partial charge is 0.360 e. The zero-order valence-corrected chi connectivity index (χ0v) is 13.6. The van der Waals surface area contributed by atoms with E-state index in [4.69, 9.17) is 11.6 Å². The second-order valence-corrected chi connectivity index (χ2v) is 5.53. The van der Waals surface area contributed by atoms with E-state index in [0.29, 0.717) is 10.7 Å². The molecular weight excluding hydrogens is 310 g/mol. The summed E-state index contributed by atoms with van der Waals surface area (Å²) < 4.78 is 0. The van der Waals surface area contributed by atoms with Crippen molar-refractivity contribution in [1.82, 2.24) is 0 Å². The minimum atomic E-state index is -0.493. The summed E-state index contributed by atoms with van der Waals surface area (Å²) in [7, 11) is 0. The quantitative estimate of drug-likeness (QED) is 0.646. The van der Waals surface area contributed by atoms with E-state index in [2.05, 4.69) is 10.6 Å². The number of carbonyl (C=O) groups is 1. The van der Waals surface area contributed by atoms with Gasteiger partial charge >= 0.3 is 0 Å². The first-order chi connectivity index (χ1) is 11.0. The summed E-state index contributed by atoms with van der Waals surface area (Å²) in [5.41, 5.74) is 3.55. The molecule has 5 heteroatoms. The van der Waals surface area contributed by atoms with Gasteiger partial charge in [-0.1, -0.05) is 35.4 Å². The number of aryl methyl sites for hydroxylation is 2. The maximum atomic E-state index is 12.1. The number of carbonyl (C=O) groups excluding carboxylic acids is 1. The maximum absolute atomic E-state index is 12.1. The molecule has 2 aromatic carbocycles. The summed E-state index contributed by atoms with van der Waals surface area (Å²) >= 11 is 5.87. The third-order valence-corrected chi connectivity index (χ3v) is 3.44. The van der Waals surface area contributed by atoms with Gasteiger partial charge in [-0.3, -0.25) is 4.79 Å². The molecule has 0 atom stereocenters. The Morgan fingerprint density at radius 2 is 2.00 bits per heavy atom. The first-order valence-corrected chi connectivity index (χ1v) is 7.38. The highest BCUT2D eigenvalue weighted by Crippen LogP contribution is 2.17. The van der Waals surface area contributed by atoms with Crippen LogP contribution in [-0.4, -0.2) is 5.91 Å². The van der Waals surface area contributed by atoms with Crippen molar-refractivity contribution in [3.8, 4) is 6.07 Å². The lowest BCUT2D eigenvalue weighted by Crippen LogP contribution is -2.14. The number of rotatable bonds is 4. The maximum Gasteiger partial charge on any atom is 0.267 e. The van der Waals surface area contributed by atoms with Crippen LogP contribution in [0, 0.1) is 25.2 Å². The number of hydrogen-bond donors (Lipinski definition) is 2. The molecule has 0 aromatic heterocycles. The molecule has 0 heterocycles. The second kappa shape index (κ2) is 7.48. The van der Waals surface area contributed by atoms with Gasteiger partial charge in [-0.2, -0.15) is 5.26 Å². The highest BCUT2D eigenvalue weighted by molar-refractivity contribution is 6.31. The van der Waals surface area contributed by atoms with E-state index in [0.717, 1.165) is 16.8 Å². The molecule has 1 amide bonds. The van der Waals surface area contributed by atoms with Gasteiger partial charge in [0.15, 0.2) is 0 Å². The lowest BCUT2D eigenvalue weighted by molar-refractivity contribution is -0.112. The number of halogens is 1. The number of nitrogens with one attached hydrogen (secondary N) is 2. The van der Waals surface area contributed by atoms with Crippen LogP contribution in [0.15, 0.2) is 54.2 Å². The Morgan fingerprint density at radius 3 is 2.65 bits per heavy atom. The van der Waals surface area contributed by atoms with E-state index in [-0.39, 0.29) is 5.57 Å². The molecule has 0 aliphatic rings. The Labute approximate surface area is 140 Å². The van der Waals surface area contributed by atoms with Gasteiger partial charge in [-0.15, -0.1) is 0 Å². The fraction of sp³-hybridized carbons (Fsp3) is 0.111. The Kier molecular flexibility index (Phi) is 5.40. The molecule has 0 spiro atoms. The van der Waals surface area contributed by atoms with Crippen molar-refractivity contribution in [1.29, 1.82) is 5.26 Å². The van der Waals surface area contributed by atoms with Gasteiger partial charge in [-0.25, -0.2) is 0 Å². The fourth-order valence-electron chi connectivity index (χ4n) is 2.04. The van der Waals surface area contributed by atoms with Crippen LogP contribution in [-0.2, 0) is 4.79 Å². The number of benzene rings is 2. The van der Waals surface area contributed by atoms with E-state index in [1.54, 1.807) is 24.3 Å². The Bertz CT molecular complexity index is 806. The van der Waals surface area contributed by atoms with Crippen molar-refractivity contribution in [3.05, 3.63) is 70.4 Å². The van der Waals surface area contributed by atoms with Gasteiger partial charge < -0.3 is 10.6 Å². The first kappa shape index (κ1) is 16.6. The molecule has 116 valence electrons. The monoisotopic (exact) mass is 325 g/mol. The van der Waals surface area contributed by atoms with Crippen LogP contribution in [0.25, 0.3) is 0 Å². The van der Waals surface area contributed by atoms with Gasteiger partial charge in [0.2, 0.25) is 0 Å². The molecule has 0 bridgehead atoms. The van der Waals surface area contributed by atoms with Crippen molar-refractivity contribution in [3.63, 3.8) is 0 Å². The summed E-state index contributed by atoms with van der Waals surface area (Å²) in [4.78, 5) is 12.1. The summed E-state index contributed by atoms with van der Waals surface area (Å²) in [6, 6.07) is 14.5. The van der Waals surface area contributed by atoms with Crippen molar-refractivity contribution in [2.45, 2.75) is 13.8 Å². The average molecular weight is 326 g/mol. The number of hydrogen-bond acceptors (Lipinski definition) is 3. The molecule has 0 radical (unpaired) electrons. The van der Waals surface area contributed by atoms with Crippen molar-refractivity contribution >= 4 is 28.9 Å². The third kappa shape index (κ3) is 4.60. The molecule has 0 aliphatic carbocycles. The molecule has 4 nitrogen and oxygen atoms in total. The summed E-state index contributed by atoms with van der Waals surface area (Å²) in [5, 5.41) is 15.3. The SMILES string of the molecule is Cc1ccc(NC=C(C#N)C(=O)Nc2cccc(Cl)c2)c(C)c1. The minimum Gasteiger partial charge on any atom is -0.360 e. The lowest BCUT2D eigenvalue weighted by Gasteiger charge is -2.08. The molecule has 0 aliphatic heterocycles. The Hall–Kier alpha value is -2.77. The zero-order chi connectivity index (χ0) is 16.8. The van der Waals surface area contributed by atoms with Crippen LogP contribution in [0.3, 0.4) is 0 Å². The summed E-state index contributed by atoms with van der Waals surface area (Å²) in [6.07, 6.45) is 1.40. The highest BCUT2D eigenvalue weighted by Gasteiger charge is 2.09. The van der Waals surface area contributed by atoms with Crippen molar-refractivity contribution in [2.24, 2.45) is 0 Å². The van der Waals surface area contributed by atoms with Crippen LogP contribution in [0.1, 0.15) is 11.1 Å². The zero-order valence-electron chi connectivity index (χ0n) is 12.9. The smallest absolute Gasteiger partial charge is 0.267 e. The molecule has 0 unspecified atom stereocenters. The molecular formula is C18H16ClN3O. The van der Waals surface area contributed by atoms with Gasteiger partial charge in [-0.05, 0) is 43.7 Å². The highest BCUT2D eigenvalue weighted by atomic mass is 35.5. The van der Waals surface area contributed by atoms with Crippen molar-refractivity contribution in [2.75, 3.05) is 10.6 Å². The second-order valence-electron chi connectivity index (χ2n) is 5.10. The lowest BCUT2D eigenvalue weighted by atomic mass is 10.1. The van der Waals surface area contributed by atoms with E-state index in [1.165, 1.54) is 6.20 Å². The van der Waals surface area contributed by atoms with Crippen LogP contribution < -0.4 is 10.6 Å². The van der Waals surface area contributed by atoms with Crippen LogP contribution in [0.4, 0.5) is 11.4 Å². The molecule has 2 aromatic rings. The predicted octanol–water partition coefficient (Wildman–Crippen LogP) is 4.41. The molecule has 0 fully saturated rings.